The van der Waals surface area contributed by atoms with Crippen molar-refractivity contribution in [3.05, 3.63) is 6.20 Å². The number of anilines is 2. The van der Waals surface area contributed by atoms with Crippen molar-refractivity contribution in [1.29, 1.82) is 0 Å². The van der Waals surface area contributed by atoms with Gasteiger partial charge < -0.3 is 11.5 Å². The maximum Gasteiger partial charge on any atom is 0.172 e. The summed E-state index contributed by atoms with van der Waals surface area (Å²) in [7, 11) is 0. The van der Waals surface area contributed by atoms with E-state index in [0.717, 1.165) is 0 Å². The van der Waals surface area contributed by atoms with Gasteiger partial charge in [-0.3, -0.25) is 0 Å². The third-order valence-corrected chi connectivity index (χ3v) is 0.697. The van der Waals surface area contributed by atoms with E-state index in [4.69, 9.17) is 11.5 Å². The predicted octanol–water partition coefficient (Wildman–Crippen LogP) is -0.328. The second-order valence-electron chi connectivity index (χ2n) is 1.27. The maximum atomic E-state index is 5.23. The van der Waals surface area contributed by atoms with Gasteiger partial charge in [-0.25, -0.2) is 0 Å². The Morgan fingerprint density at radius 1 is 1.33 bits per heavy atom. The summed E-state index contributed by atoms with van der Waals surface area (Å²) in [5, 5.41) is 9.99. The van der Waals surface area contributed by atoms with E-state index in [2.05, 4.69) is 15.4 Å². The van der Waals surface area contributed by atoms with E-state index in [9.17, 15) is 0 Å². The molecule has 5 heteroatoms. The molecule has 0 aliphatic carbocycles. The molecule has 5 nitrogen and oxygen atoms in total. The molecule has 0 amide bonds. The quantitative estimate of drug-likeness (QED) is 0.498. The van der Waals surface area contributed by atoms with E-state index in [0.29, 0.717) is 5.69 Å². The zero-order valence-corrected chi connectivity index (χ0v) is 4.07. The highest BCUT2D eigenvalue weighted by Gasteiger charge is 1.90. The van der Waals surface area contributed by atoms with E-state index in [-0.39, 0.29) is 13.2 Å². The predicted molar refractivity (Wildman–Crippen MR) is 35.4 cm³/mol. The van der Waals surface area contributed by atoms with Crippen LogP contribution < -0.4 is 11.5 Å². The SMILES string of the molecule is C.Nc1cnnnc1N. The number of hydrogen-bond acceptors (Lipinski definition) is 5. The van der Waals surface area contributed by atoms with Crippen LogP contribution in [-0.2, 0) is 0 Å². The molecule has 1 aromatic heterocycles. The normalized spacial score (nSPS) is 8.00. The number of nitrogen functional groups attached to an aromatic ring is 2. The van der Waals surface area contributed by atoms with Gasteiger partial charge in [0.15, 0.2) is 5.82 Å². The van der Waals surface area contributed by atoms with E-state index in [1.165, 1.54) is 6.20 Å². The molecule has 0 fully saturated rings. The summed E-state index contributed by atoms with van der Waals surface area (Å²) in [6.07, 6.45) is 1.35. The first-order valence-corrected chi connectivity index (χ1v) is 2.00. The first kappa shape index (κ1) is 7.61. The first-order valence-electron chi connectivity index (χ1n) is 2.00. The number of aromatic nitrogens is 3. The van der Waals surface area contributed by atoms with E-state index in [1.54, 1.807) is 0 Å². The highest BCUT2D eigenvalue weighted by molar-refractivity contribution is 5.54. The van der Waals surface area contributed by atoms with Gasteiger partial charge in [-0.2, -0.15) is 0 Å². The first-order chi connectivity index (χ1) is 3.80. The van der Waals surface area contributed by atoms with Gasteiger partial charge in [0.25, 0.3) is 0 Å². The summed E-state index contributed by atoms with van der Waals surface area (Å²) in [6.45, 7) is 0. The minimum Gasteiger partial charge on any atom is -0.394 e. The van der Waals surface area contributed by atoms with Crippen molar-refractivity contribution < 1.29 is 0 Å². The van der Waals surface area contributed by atoms with Crippen LogP contribution in [0.2, 0.25) is 0 Å². The number of nitrogens with zero attached hydrogens (tertiary/aromatic N) is 3. The fraction of sp³-hybridized carbons (Fsp3) is 0.250. The Hall–Kier alpha value is -1.39. The third kappa shape index (κ3) is 1.52. The molecule has 0 spiro atoms. The van der Waals surface area contributed by atoms with Crippen LogP contribution in [0, 0.1) is 0 Å². The molecule has 1 rings (SSSR count). The molecule has 0 aliphatic heterocycles. The van der Waals surface area contributed by atoms with Crippen molar-refractivity contribution in [3.8, 4) is 0 Å². The third-order valence-electron chi connectivity index (χ3n) is 0.697. The van der Waals surface area contributed by atoms with Gasteiger partial charge in [0.1, 0.15) is 0 Å². The molecule has 0 aliphatic rings. The summed E-state index contributed by atoms with van der Waals surface area (Å²) < 4.78 is 0. The molecule has 0 saturated heterocycles. The molecule has 1 aromatic rings. The van der Waals surface area contributed by atoms with E-state index in [1.807, 2.05) is 0 Å². The molecule has 0 atom stereocenters. The Kier molecular flexibility index (Phi) is 2.37. The fourth-order valence-corrected chi connectivity index (χ4v) is 0.286. The number of rotatable bonds is 0. The molecule has 0 radical (unpaired) electrons. The van der Waals surface area contributed by atoms with Crippen LogP contribution >= 0.6 is 0 Å². The van der Waals surface area contributed by atoms with Crippen molar-refractivity contribution in [2.24, 2.45) is 0 Å². The van der Waals surface area contributed by atoms with E-state index < -0.39 is 0 Å². The van der Waals surface area contributed by atoms with Crippen molar-refractivity contribution in [3.63, 3.8) is 0 Å². The van der Waals surface area contributed by atoms with Gasteiger partial charge >= 0.3 is 0 Å². The standard InChI is InChI=1S/C3H5N5.CH4/c4-2-1-6-8-7-3(2)5;/h1H,(H2,4,8)(H2,5,6,7);1H4. The van der Waals surface area contributed by atoms with Gasteiger partial charge in [0.2, 0.25) is 0 Å². The van der Waals surface area contributed by atoms with Crippen molar-refractivity contribution in [2.75, 3.05) is 11.5 Å². The van der Waals surface area contributed by atoms with Crippen LogP contribution in [0.1, 0.15) is 7.43 Å². The average molecular weight is 127 g/mol. The second-order valence-corrected chi connectivity index (χ2v) is 1.27. The summed E-state index contributed by atoms with van der Waals surface area (Å²) in [4.78, 5) is 0. The summed E-state index contributed by atoms with van der Waals surface area (Å²) >= 11 is 0. The monoisotopic (exact) mass is 127 g/mol. The van der Waals surface area contributed by atoms with Crippen LogP contribution in [0.3, 0.4) is 0 Å². The second kappa shape index (κ2) is 2.81. The molecule has 0 unspecified atom stereocenters. The Bertz CT molecular complexity index is 165. The van der Waals surface area contributed by atoms with Crippen LogP contribution in [0.25, 0.3) is 0 Å². The molecule has 0 bridgehead atoms. The van der Waals surface area contributed by atoms with Crippen molar-refractivity contribution in [2.45, 2.75) is 7.43 Å². The lowest BCUT2D eigenvalue weighted by molar-refractivity contribution is 0.876. The minimum atomic E-state index is 0. The Morgan fingerprint density at radius 3 is 2.33 bits per heavy atom. The molecular weight excluding hydrogens is 118 g/mol. The van der Waals surface area contributed by atoms with Crippen molar-refractivity contribution >= 4 is 11.5 Å². The van der Waals surface area contributed by atoms with Crippen LogP contribution in [0.4, 0.5) is 11.5 Å². The Labute approximate surface area is 53.1 Å². The molecular formula is C4H9N5. The van der Waals surface area contributed by atoms with Crippen LogP contribution in [-0.4, -0.2) is 15.4 Å². The lowest BCUT2D eigenvalue weighted by Gasteiger charge is -1.90. The van der Waals surface area contributed by atoms with Crippen LogP contribution in [0.5, 0.6) is 0 Å². The summed E-state index contributed by atoms with van der Waals surface area (Å²) in [5.41, 5.74) is 10.8. The zero-order valence-electron chi connectivity index (χ0n) is 4.07. The van der Waals surface area contributed by atoms with E-state index >= 15 is 0 Å². The average Bonchev–Trinajstić information content (AvgIpc) is 1.77. The van der Waals surface area contributed by atoms with Gasteiger partial charge in [-0.05, 0) is 5.21 Å². The summed E-state index contributed by atoms with van der Waals surface area (Å²) in [6, 6.07) is 0. The van der Waals surface area contributed by atoms with Gasteiger partial charge in [0.05, 0.1) is 11.9 Å². The highest BCUT2D eigenvalue weighted by atomic mass is 15.3. The largest absolute Gasteiger partial charge is 0.394 e. The number of nitrogens with two attached hydrogens (primary N) is 2. The Balaban J connectivity index is 0.000000640. The van der Waals surface area contributed by atoms with Crippen LogP contribution in [0.15, 0.2) is 6.20 Å². The summed E-state index contributed by atoms with van der Waals surface area (Å²) in [5.74, 6) is 0.222. The minimum absolute atomic E-state index is 0. The number of hydrogen-bond donors (Lipinski definition) is 2. The molecule has 4 N–H and O–H groups in total. The topological polar surface area (TPSA) is 90.7 Å². The molecule has 9 heavy (non-hydrogen) atoms. The molecule has 1 heterocycles. The lowest BCUT2D eigenvalue weighted by Crippen LogP contribution is -2.00. The van der Waals surface area contributed by atoms with Gasteiger partial charge in [-0.15, -0.1) is 10.2 Å². The highest BCUT2D eigenvalue weighted by Crippen LogP contribution is 2.02. The van der Waals surface area contributed by atoms with Gasteiger partial charge in [0, 0.05) is 0 Å². The van der Waals surface area contributed by atoms with Crippen molar-refractivity contribution in [1.82, 2.24) is 15.4 Å². The molecule has 0 aromatic carbocycles. The maximum absolute atomic E-state index is 5.23. The zero-order chi connectivity index (χ0) is 5.98. The smallest absolute Gasteiger partial charge is 0.172 e. The molecule has 0 saturated carbocycles. The Morgan fingerprint density at radius 2 is 2.00 bits per heavy atom. The van der Waals surface area contributed by atoms with Gasteiger partial charge in [-0.1, -0.05) is 7.43 Å². The molecule has 50 valence electrons. The fourth-order valence-electron chi connectivity index (χ4n) is 0.286. The lowest BCUT2D eigenvalue weighted by atomic mass is 10.5.